The number of fused-ring (bicyclic) bond motifs is 1. The van der Waals surface area contributed by atoms with Crippen molar-refractivity contribution >= 4 is 22.6 Å². The Kier molecular flexibility index (Phi) is 4.46. The van der Waals surface area contributed by atoms with Crippen molar-refractivity contribution < 1.29 is 9.47 Å². The fourth-order valence-electron chi connectivity index (χ4n) is 3.30. The van der Waals surface area contributed by atoms with E-state index in [4.69, 9.17) is 9.47 Å². The van der Waals surface area contributed by atoms with Crippen molar-refractivity contribution in [2.24, 2.45) is 7.05 Å². The molecule has 1 saturated heterocycles. The lowest BCUT2D eigenvalue weighted by atomic mass is 10.1. The van der Waals surface area contributed by atoms with Crippen molar-refractivity contribution in [2.45, 2.75) is 32.8 Å². The molecule has 1 aliphatic heterocycles. The molecule has 4 rings (SSSR count). The Morgan fingerprint density at radius 3 is 2.88 bits per heavy atom. The van der Waals surface area contributed by atoms with Crippen LogP contribution < -0.4 is 4.74 Å². The fourth-order valence-corrected chi connectivity index (χ4v) is 3.30. The highest BCUT2D eigenvalue weighted by Gasteiger charge is 2.20. The summed E-state index contributed by atoms with van der Waals surface area (Å²) in [6, 6.07) is 1.92. The number of pyridine rings is 1. The van der Waals surface area contributed by atoms with Gasteiger partial charge in [-0.2, -0.15) is 5.10 Å². The van der Waals surface area contributed by atoms with E-state index in [1.807, 2.05) is 37.9 Å². The van der Waals surface area contributed by atoms with Crippen LogP contribution in [0.4, 0.5) is 0 Å². The summed E-state index contributed by atoms with van der Waals surface area (Å²) in [4.78, 5) is 8.83. The van der Waals surface area contributed by atoms with E-state index < -0.39 is 0 Å². The van der Waals surface area contributed by atoms with E-state index in [1.165, 1.54) is 0 Å². The van der Waals surface area contributed by atoms with Crippen LogP contribution in [-0.4, -0.2) is 44.1 Å². The quantitative estimate of drug-likeness (QED) is 0.780. The second-order valence-electron chi connectivity index (χ2n) is 6.69. The van der Waals surface area contributed by atoms with E-state index in [0.717, 1.165) is 59.6 Å². The van der Waals surface area contributed by atoms with Gasteiger partial charge in [0.1, 0.15) is 11.8 Å². The molecular formula is C19H23N5O2. The van der Waals surface area contributed by atoms with Crippen LogP contribution in [0.15, 0.2) is 18.6 Å². The molecule has 1 N–H and O–H groups in total. The molecule has 4 heterocycles. The molecule has 0 bridgehead atoms. The van der Waals surface area contributed by atoms with Crippen molar-refractivity contribution in [2.75, 3.05) is 13.2 Å². The fraction of sp³-hybridized carbons (Fsp3) is 0.421. The highest BCUT2D eigenvalue weighted by atomic mass is 16.5. The molecule has 3 aromatic rings. The van der Waals surface area contributed by atoms with Crippen LogP contribution in [-0.2, 0) is 11.8 Å². The number of aryl methyl sites for hydroxylation is 2. The van der Waals surface area contributed by atoms with E-state index in [2.05, 4.69) is 26.2 Å². The largest absolute Gasteiger partial charge is 0.474 e. The maximum absolute atomic E-state index is 6.20. The molecule has 1 aliphatic rings. The second-order valence-corrected chi connectivity index (χ2v) is 6.69. The molecule has 3 aromatic heterocycles. The van der Waals surface area contributed by atoms with Crippen molar-refractivity contribution in [3.63, 3.8) is 0 Å². The highest BCUT2D eigenvalue weighted by Crippen LogP contribution is 2.31. The van der Waals surface area contributed by atoms with Crippen LogP contribution in [0.1, 0.15) is 36.8 Å². The first-order valence-electron chi connectivity index (χ1n) is 8.87. The number of aromatic amines is 1. The molecule has 7 nitrogen and oxygen atoms in total. The summed E-state index contributed by atoms with van der Waals surface area (Å²) in [6.07, 6.45) is 7.57. The number of allylic oxidation sites excluding steroid dienone is 1. The van der Waals surface area contributed by atoms with Gasteiger partial charge in [-0.3, -0.25) is 5.10 Å². The van der Waals surface area contributed by atoms with Gasteiger partial charge in [-0.15, -0.1) is 0 Å². The van der Waals surface area contributed by atoms with Gasteiger partial charge in [0, 0.05) is 26.1 Å². The van der Waals surface area contributed by atoms with Gasteiger partial charge < -0.3 is 14.0 Å². The van der Waals surface area contributed by atoms with E-state index in [9.17, 15) is 0 Å². The second kappa shape index (κ2) is 6.92. The Balaban J connectivity index is 1.73. The minimum atomic E-state index is 0.133. The molecule has 136 valence electrons. The smallest absolute Gasteiger partial charge is 0.225 e. The summed E-state index contributed by atoms with van der Waals surface area (Å²) >= 11 is 0. The number of hydrogen-bond acceptors (Lipinski definition) is 5. The van der Waals surface area contributed by atoms with Gasteiger partial charge in [-0.1, -0.05) is 0 Å². The van der Waals surface area contributed by atoms with Crippen molar-refractivity contribution in [3.8, 4) is 5.88 Å². The third kappa shape index (κ3) is 3.10. The third-order valence-corrected chi connectivity index (χ3v) is 4.79. The number of rotatable bonds is 4. The number of H-pyrrole nitrogens is 1. The van der Waals surface area contributed by atoms with Gasteiger partial charge in [0.25, 0.3) is 0 Å². The standard InChI is InChI=1S/C19H23N5O2/c1-12(10-16-13(2)21-11-24(16)3)18-17-15(22-23-18)4-7-20-19(17)26-14-5-8-25-9-6-14/h4,7,10-11,14H,5-6,8-9H2,1-3H3,(H,22,23)/b12-10+. The zero-order valence-corrected chi connectivity index (χ0v) is 15.3. The molecule has 0 amide bonds. The first-order chi connectivity index (χ1) is 12.6. The summed E-state index contributed by atoms with van der Waals surface area (Å²) in [5.74, 6) is 0.632. The molecule has 0 radical (unpaired) electrons. The van der Waals surface area contributed by atoms with Crippen LogP contribution in [0, 0.1) is 6.92 Å². The summed E-state index contributed by atoms with van der Waals surface area (Å²) < 4.78 is 13.6. The Morgan fingerprint density at radius 2 is 2.15 bits per heavy atom. The average Bonchev–Trinajstić information content (AvgIpc) is 3.22. The summed E-state index contributed by atoms with van der Waals surface area (Å²) in [5.41, 5.74) is 4.87. The Labute approximate surface area is 152 Å². The molecule has 0 spiro atoms. The zero-order chi connectivity index (χ0) is 18.1. The number of ether oxygens (including phenoxy) is 2. The SMILES string of the molecule is C/C(=C\c1c(C)ncn1C)c1n[nH]c2ccnc(OC3CCOCC3)c12. The minimum Gasteiger partial charge on any atom is -0.474 e. The molecule has 1 fully saturated rings. The summed E-state index contributed by atoms with van der Waals surface area (Å²) in [5, 5.41) is 8.54. The van der Waals surface area contributed by atoms with Gasteiger partial charge in [0.2, 0.25) is 5.88 Å². The maximum Gasteiger partial charge on any atom is 0.225 e. The molecule has 0 atom stereocenters. The van der Waals surface area contributed by atoms with Crippen LogP contribution >= 0.6 is 0 Å². The molecule has 0 saturated carbocycles. The number of nitrogens with zero attached hydrogens (tertiary/aromatic N) is 4. The zero-order valence-electron chi connectivity index (χ0n) is 15.3. The molecule has 0 aliphatic carbocycles. The maximum atomic E-state index is 6.20. The van der Waals surface area contributed by atoms with Crippen LogP contribution in [0.5, 0.6) is 5.88 Å². The van der Waals surface area contributed by atoms with Crippen molar-refractivity contribution in [1.82, 2.24) is 24.7 Å². The van der Waals surface area contributed by atoms with Crippen molar-refractivity contribution in [1.29, 1.82) is 0 Å². The topological polar surface area (TPSA) is 77.9 Å². The van der Waals surface area contributed by atoms with Gasteiger partial charge >= 0.3 is 0 Å². The predicted octanol–water partition coefficient (Wildman–Crippen LogP) is 3.12. The number of aromatic nitrogens is 5. The first-order valence-corrected chi connectivity index (χ1v) is 8.87. The predicted molar refractivity (Wildman–Crippen MR) is 99.8 cm³/mol. The molecule has 26 heavy (non-hydrogen) atoms. The lowest BCUT2D eigenvalue weighted by Gasteiger charge is -2.23. The molecular weight excluding hydrogens is 330 g/mol. The van der Waals surface area contributed by atoms with Crippen molar-refractivity contribution in [3.05, 3.63) is 35.7 Å². The van der Waals surface area contributed by atoms with Gasteiger partial charge in [0.05, 0.1) is 41.8 Å². The lowest BCUT2D eigenvalue weighted by molar-refractivity contribution is 0.0244. The molecule has 7 heteroatoms. The third-order valence-electron chi connectivity index (χ3n) is 4.79. The monoisotopic (exact) mass is 353 g/mol. The van der Waals surface area contributed by atoms with Gasteiger partial charge in [-0.25, -0.2) is 9.97 Å². The van der Waals surface area contributed by atoms with Gasteiger partial charge in [-0.05, 0) is 31.6 Å². The summed E-state index contributed by atoms with van der Waals surface area (Å²) in [6.45, 7) is 5.52. The van der Waals surface area contributed by atoms with Crippen LogP contribution in [0.25, 0.3) is 22.6 Å². The highest BCUT2D eigenvalue weighted by molar-refractivity contribution is 5.96. The lowest BCUT2D eigenvalue weighted by Crippen LogP contribution is -2.26. The van der Waals surface area contributed by atoms with Gasteiger partial charge in [0.15, 0.2) is 0 Å². The Morgan fingerprint density at radius 1 is 1.35 bits per heavy atom. The van der Waals surface area contributed by atoms with Crippen LogP contribution in [0.2, 0.25) is 0 Å². The summed E-state index contributed by atoms with van der Waals surface area (Å²) in [7, 11) is 1.99. The van der Waals surface area contributed by atoms with E-state index in [-0.39, 0.29) is 6.10 Å². The van der Waals surface area contributed by atoms with E-state index in [1.54, 1.807) is 6.20 Å². The van der Waals surface area contributed by atoms with E-state index in [0.29, 0.717) is 5.88 Å². The number of hydrogen-bond donors (Lipinski definition) is 1. The molecule has 0 aromatic carbocycles. The van der Waals surface area contributed by atoms with E-state index >= 15 is 0 Å². The normalized spacial score (nSPS) is 16.3. The Hall–Kier alpha value is -2.67. The Bertz CT molecular complexity index is 931. The molecule has 0 unspecified atom stereocenters. The van der Waals surface area contributed by atoms with Crippen LogP contribution in [0.3, 0.4) is 0 Å². The average molecular weight is 353 g/mol. The minimum absolute atomic E-state index is 0.133. The first kappa shape index (κ1) is 16.8. The number of nitrogens with one attached hydrogen (secondary N) is 1. The number of imidazole rings is 1.